The second kappa shape index (κ2) is 10.1. The van der Waals surface area contributed by atoms with Gasteiger partial charge in [0.25, 0.3) is 0 Å². The van der Waals surface area contributed by atoms with Crippen LogP contribution in [0.4, 0.5) is 4.39 Å². The largest absolute Gasteiger partial charge is 0.290 e. The third-order valence-corrected chi connectivity index (χ3v) is 12.5. The number of fused-ring (bicyclic) bond motifs is 2. The molecule has 0 saturated heterocycles. The number of rotatable bonds is 6. The smallest absolute Gasteiger partial charge is 0.201 e. The maximum absolute atomic E-state index is 14.6. The minimum absolute atomic E-state index is 0.0647. The molecule has 3 aromatic heterocycles. The number of benzene rings is 1. The van der Waals surface area contributed by atoms with Gasteiger partial charge in [0.2, 0.25) is 5.78 Å². The van der Waals surface area contributed by atoms with Crippen LogP contribution in [0.25, 0.3) is 11.8 Å². The van der Waals surface area contributed by atoms with Crippen molar-refractivity contribution in [1.82, 2.24) is 24.5 Å². The van der Waals surface area contributed by atoms with Gasteiger partial charge >= 0.3 is 0 Å². The van der Waals surface area contributed by atoms with E-state index in [9.17, 15) is 17.6 Å². The number of hydrogen-bond acceptors (Lipinski definition) is 7. The van der Waals surface area contributed by atoms with Gasteiger partial charge in [-0.15, -0.1) is 11.3 Å². The SMILES string of the molecule is C[C@H]([C@H]1CCC2=Cc3c(cnn3-c3ccc(F)cc3)C[C@]2(C(=O)c2ncc(C(C)(C)C)s2)C1)S(=O)(=O)c1cnn(C)c1. The number of carbonyl (C=O) groups is 1. The van der Waals surface area contributed by atoms with Crippen molar-refractivity contribution in [2.24, 2.45) is 18.4 Å². The predicted molar refractivity (Wildman–Crippen MR) is 160 cm³/mol. The number of ketones is 1. The van der Waals surface area contributed by atoms with Crippen LogP contribution in [0.3, 0.4) is 0 Å². The molecule has 3 heterocycles. The monoisotopic (exact) mass is 607 g/mol. The molecule has 0 spiro atoms. The van der Waals surface area contributed by atoms with Gasteiger partial charge in [-0.25, -0.2) is 22.5 Å². The summed E-state index contributed by atoms with van der Waals surface area (Å²) in [4.78, 5) is 20.4. The molecule has 2 aliphatic rings. The summed E-state index contributed by atoms with van der Waals surface area (Å²) in [6.07, 6.45) is 10.5. The van der Waals surface area contributed by atoms with Gasteiger partial charge < -0.3 is 0 Å². The maximum atomic E-state index is 14.6. The molecule has 0 bridgehead atoms. The number of aryl methyl sites for hydroxylation is 1. The van der Waals surface area contributed by atoms with Crippen LogP contribution >= 0.6 is 11.3 Å². The molecular formula is C31H34FN5O3S2. The van der Waals surface area contributed by atoms with Crippen LogP contribution in [0.1, 0.15) is 72.9 Å². The van der Waals surface area contributed by atoms with Gasteiger partial charge in [0.1, 0.15) is 10.7 Å². The highest BCUT2D eigenvalue weighted by molar-refractivity contribution is 7.92. The molecule has 3 atom stereocenters. The fourth-order valence-electron chi connectivity index (χ4n) is 6.28. The lowest BCUT2D eigenvalue weighted by atomic mass is 9.59. The molecule has 8 nitrogen and oxygen atoms in total. The van der Waals surface area contributed by atoms with Crippen LogP contribution in [0, 0.1) is 17.2 Å². The van der Waals surface area contributed by atoms with Crippen molar-refractivity contribution >= 4 is 33.0 Å². The van der Waals surface area contributed by atoms with E-state index < -0.39 is 20.5 Å². The Morgan fingerprint density at radius 2 is 1.88 bits per heavy atom. The van der Waals surface area contributed by atoms with E-state index in [0.29, 0.717) is 30.7 Å². The molecule has 1 aromatic carbocycles. The first-order chi connectivity index (χ1) is 19.8. The van der Waals surface area contributed by atoms with Gasteiger partial charge in [-0.2, -0.15) is 10.2 Å². The number of carbonyl (C=O) groups excluding carboxylic acids is 1. The van der Waals surface area contributed by atoms with E-state index in [4.69, 9.17) is 0 Å². The highest BCUT2D eigenvalue weighted by atomic mass is 32.2. The van der Waals surface area contributed by atoms with E-state index >= 15 is 0 Å². The second-order valence-corrected chi connectivity index (χ2v) is 15.9. The van der Waals surface area contributed by atoms with E-state index in [2.05, 4.69) is 36.0 Å². The highest BCUT2D eigenvalue weighted by Crippen LogP contribution is 2.53. The first-order valence-corrected chi connectivity index (χ1v) is 16.4. The van der Waals surface area contributed by atoms with Gasteiger partial charge in [-0.3, -0.25) is 9.48 Å². The third kappa shape index (κ3) is 4.76. The summed E-state index contributed by atoms with van der Waals surface area (Å²) in [6.45, 7) is 8.03. The Kier molecular flexibility index (Phi) is 6.88. The number of aromatic nitrogens is 5. The van der Waals surface area contributed by atoms with Crippen molar-refractivity contribution in [3.05, 3.63) is 81.6 Å². The first-order valence-electron chi connectivity index (χ1n) is 14.1. The molecule has 4 aromatic rings. The normalized spacial score (nSPS) is 21.4. The van der Waals surface area contributed by atoms with Crippen LogP contribution in [0.2, 0.25) is 0 Å². The van der Waals surface area contributed by atoms with E-state index in [0.717, 1.165) is 27.4 Å². The molecule has 220 valence electrons. The van der Waals surface area contributed by atoms with Crippen molar-refractivity contribution in [3.8, 4) is 5.69 Å². The van der Waals surface area contributed by atoms with Crippen LogP contribution in [0.15, 0.2) is 59.5 Å². The lowest BCUT2D eigenvalue weighted by molar-refractivity contribution is 0.0759. The number of hydrogen-bond donors (Lipinski definition) is 0. The minimum atomic E-state index is -3.66. The zero-order chi connectivity index (χ0) is 30.0. The lowest BCUT2D eigenvalue weighted by Crippen LogP contribution is -2.45. The summed E-state index contributed by atoms with van der Waals surface area (Å²) >= 11 is 1.42. The van der Waals surface area contributed by atoms with E-state index in [1.54, 1.807) is 43.2 Å². The van der Waals surface area contributed by atoms with Crippen LogP contribution < -0.4 is 0 Å². The maximum Gasteiger partial charge on any atom is 0.201 e. The van der Waals surface area contributed by atoms with Gasteiger partial charge in [0.05, 0.1) is 34.4 Å². The fraction of sp³-hybridized carbons (Fsp3) is 0.419. The zero-order valence-corrected chi connectivity index (χ0v) is 26.0. The Morgan fingerprint density at radius 3 is 2.52 bits per heavy atom. The second-order valence-electron chi connectivity index (χ2n) is 12.6. The van der Waals surface area contributed by atoms with E-state index in [1.807, 2.05) is 6.08 Å². The first kappa shape index (κ1) is 28.7. The molecule has 11 heteroatoms. The number of thiazole rings is 1. The number of sulfone groups is 1. The fourth-order valence-corrected chi connectivity index (χ4v) is 8.96. The minimum Gasteiger partial charge on any atom is -0.290 e. The molecular weight excluding hydrogens is 574 g/mol. The number of Topliss-reactive ketones (excluding diaryl/α,β-unsaturated/α-hetero) is 1. The average Bonchev–Trinajstić information content (AvgIpc) is 3.71. The molecule has 1 fully saturated rings. The molecule has 0 radical (unpaired) electrons. The highest BCUT2D eigenvalue weighted by Gasteiger charge is 2.52. The van der Waals surface area contributed by atoms with Gasteiger partial charge in [-0.05, 0) is 79.8 Å². The van der Waals surface area contributed by atoms with E-state index in [-0.39, 0.29) is 27.8 Å². The average molecular weight is 608 g/mol. The summed E-state index contributed by atoms with van der Waals surface area (Å²) in [5, 5.41) is 8.44. The summed E-state index contributed by atoms with van der Waals surface area (Å²) in [5.41, 5.74) is 2.38. The van der Waals surface area contributed by atoms with Crippen LogP contribution in [-0.2, 0) is 28.7 Å². The Morgan fingerprint density at radius 1 is 1.14 bits per heavy atom. The molecule has 0 N–H and O–H groups in total. The Bertz CT molecular complexity index is 1810. The molecule has 0 aliphatic heterocycles. The van der Waals surface area contributed by atoms with E-state index in [1.165, 1.54) is 40.5 Å². The molecule has 0 amide bonds. The summed E-state index contributed by atoms with van der Waals surface area (Å²) in [5.74, 6) is -0.633. The van der Waals surface area contributed by atoms with Crippen molar-refractivity contribution in [2.45, 2.75) is 68.9 Å². The predicted octanol–water partition coefficient (Wildman–Crippen LogP) is 5.97. The summed E-state index contributed by atoms with van der Waals surface area (Å²) in [6, 6.07) is 6.16. The zero-order valence-electron chi connectivity index (χ0n) is 24.3. The third-order valence-electron chi connectivity index (χ3n) is 8.81. The van der Waals surface area contributed by atoms with Crippen molar-refractivity contribution in [2.75, 3.05) is 0 Å². The Balaban J connectivity index is 1.42. The summed E-state index contributed by atoms with van der Waals surface area (Å²) < 4.78 is 44.2. The molecule has 42 heavy (non-hydrogen) atoms. The Labute approximate surface area is 249 Å². The van der Waals surface area contributed by atoms with Crippen molar-refractivity contribution < 1.29 is 17.6 Å². The van der Waals surface area contributed by atoms with Gasteiger partial charge in [0, 0.05) is 24.3 Å². The number of halogens is 1. The van der Waals surface area contributed by atoms with Crippen LogP contribution in [-0.4, -0.2) is 44.0 Å². The number of allylic oxidation sites excluding steroid dienone is 1. The standard InChI is InChI=1S/C31H34FN5O3S2/c1-19(42(39,40)25-16-34-36(5)18-25)20-6-7-22-12-26-21(15-35-37(26)24-10-8-23(32)9-11-24)14-31(22,13-20)28(38)29-33-17-27(41-29)30(2,3)4/h8-12,15-20H,6-7,13-14H2,1-5H3/t19-,20+,31-/m1/s1. The van der Waals surface area contributed by atoms with Crippen molar-refractivity contribution in [1.29, 1.82) is 0 Å². The topological polar surface area (TPSA) is 99.7 Å². The molecule has 0 unspecified atom stereocenters. The van der Waals surface area contributed by atoms with Gasteiger partial charge in [0.15, 0.2) is 14.8 Å². The Hall–Kier alpha value is -3.44. The quantitative estimate of drug-likeness (QED) is 0.251. The summed E-state index contributed by atoms with van der Waals surface area (Å²) in [7, 11) is -1.96. The van der Waals surface area contributed by atoms with Crippen LogP contribution in [0.5, 0.6) is 0 Å². The van der Waals surface area contributed by atoms with Gasteiger partial charge in [-0.1, -0.05) is 26.3 Å². The number of nitrogens with zero attached hydrogens (tertiary/aromatic N) is 5. The molecule has 2 aliphatic carbocycles. The molecule has 6 rings (SSSR count). The molecule has 1 saturated carbocycles. The lowest BCUT2D eigenvalue weighted by Gasteiger charge is -2.45. The van der Waals surface area contributed by atoms with Crippen molar-refractivity contribution in [3.63, 3.8) is 0 Å².